The zero-order valence-corrected chi connectivity index (χ0v) is 16.5. The zero-order chi connectivity index (χ0) is 22.1. The number of likely N-dealkylation sites (tertiary alicyclic amines) is 1. The van der Waals surface area contributed by atoms with E-state index in [-0.39, 0.29) is 18.2 Å². The van der Waals surface area contributed by atoms with Crippen LogP contribution in [0.2, 0.25) is 0 Å². The number of rotatable bonds is 4. The smallest absolute Gasteiger partial charge is 0.416 e. The highest BCUT2D eigenvalue weighted by atomic mass is 19.4. The van der Waals surface area contributed by atoms with Crippen LogP contribution in [-0.2, 0) is 6.18 Å². The predicted octanol–water partition coefficient (Wildman–Crippen LogP) is 3.90. The Bertz CT molecular complexity index is 936. The summed E-state index contributed by atoms with van der Waals surface area (Å²) in [6.45, 7) is 2.34. The molecule has 2 aromatic rings. The number of carboxylic acid groups (broad SMARTS) is 1. The summed E-state index contributed by atoms with van der Waals surface area (Å²) in [7, 11) is 1.27. The van der Waals surface area contributed by atoms with Crippen molar-refractivity contribution in [2.75, 3.05) is 20.2 Å². The Kier molecular flexibility index (Phi) is 6.16. The summed E-state index contributed by atoms with van der Waals surface area (Å²) in [5.41, 5.74) is 0.752. The van der Waals surface area contributed by atoms with Crippen molar-refractivity contribution in [3.63, 3.8) is 0 Å². The molecule has 2 N–H and O–H groups in total. The molecule has 1 aliphatic heterocycles. The Hall–Kier alpha value is -2.88. The Balaban J connectivity index is 1.88. The molecule has 0 spiro atoms. The fourth-order valence-electron chi connectivity index (χ4n) is 3.66. The summed E-state index contributed by atoms with van der Waals surface area (Å²) < 4.78 is 44.0. The highest BCUT2D eigenvalue weighted by molar-refractivity contribution is 5.70. The zero-order valence-electron chi connectivity index (χ0n) is 16.5. The van der Waals surface area contributed by atoms with Gasteiger partial charge in [-0.05, 0) is 49.6 Å². The largest absolute Gasteiger partial charge is 0.496 e. The first-order valence-corrected chi connectivity index (χ1v) is 9.37. The maximum Gasteiger partial charge on any atom is 0.416 e. The molecule has 162 valence electrons. The van der Waals surface area contributed by atoms with E-state index in [0.29, 0.717) is 41.9 Å². The number of aliphatic hydroxyl groups excluding tert-OH is 1. The quantitative estimate of drug-likeness (QED) is 0.771. The van der Waals surface area contributed by atoms with Crippen LogP contribution in [0.25, 0.3) is 11.3 Å². The van der Waals surface area contributed by atoms with E-state index < -0.39 is 23.9 Å². The van der Waals surface area contributed by atoms with E-state index in [2.05, 4.69) is 10.2 Å². The van der Waals surface area contributed by atoms with Crippen molar-refractivity contribution in [3.05, 3.63) is 41.1 Å². The van der Waals surface area contributed by atoms with Gasteiger partial charge in [0.05, 0.1) is 24.1 Å². The summed E-state index contributed by atoms with van der Waals surface area (Å²) >= 11 is 0. The highest BCUT2D eigenvalue weighted by Crippen LogP contribution is 2.38. The third-order valence-electron chi connectivity index (χ3n) is 5.27. The van der Waals surface area contributed by atoms with Crippen molar-refractivity contribution in [3.8, 4) is 17.0 Å². The fourth-order valence-corrected chi connectivity index (χ4v) is 3.66. The van der Waals surface area contributed by atoms with Crippen LogP contribution in [0.1, 0.15) is 35.8 Å². The van der Waals surface area contributed by atoms with Crippen molar-refractivity contribution in [2.24, 2.45) is 5.92 Å². The number of piperidine rings is 1. The average molecular weight is 425 g/mol. The third-order valence-corrected chi connectivity index (χ3v) is 5.27. The van der Waals surface area contributed by atoms with Gasteiger partial charge < -0.3 is 19.8 Å². The van der Waals surface area contributed by atoms with Crippen LogP contribution in [-0.4, -0.2) is 51.6 Å². The molecule has 0 saturated carbocycles. The van der Waals surface area contributed by atoms with Crippen LogP contribution in [0.15, 0.2) is 24.3 Å². The second kappa shape index (κ2) is 8.47. The van der Waals surface area contributed by atoms with E-state index in [1.807, 2.05) is 0 Å². The Morgan fingerprint density at radius 2 is 2.03 bits per heavy atom. The van der Waals surface area contributed by atoms with E-state index >= 15 is 0 Å². The van der Waals surface area contributed by atoms with Gasteiger partial charge in [0, 0.05) is 24.6 Å². The van der Waals surface area contributed by atoms with Crippen molar-refractivity contribution < 1.29 is 32.9 Å². The van der Waals surface area contributed by atoms with Crippen molar-refractivity contribution in [1.82, 2.24) is 15.1 Å². The molecule has 1 aromatic heterocycles. The van der Waals surface area contributed by atoms with Crippen LogP contribution < -0.4 is 4.74 Å². The van der Waals surface area contributed by atoms with E-state index in [1.165, 1.54) is 18.1 Å². The Morgan fingerprint density at radius 1 is 1.30 bits per heavy atom. The molecule has 1 unspecified atom stereocenters. The number of hydrogen-bond acceptors (Lipinski definition) is 5. The van der Waals surface area contributed by atoms with Gasteiger partial charge in [0.2, 0.25) is 0 Å². The molecule has 1 aliphatic rings. The topological polar surface area (TPSA) is 95.8 Å². The lowest BCUT2D eigenvalue weighted by Gasteiger charge is -2.33. The average Bonchev–Trinajstić information content (AvgIpc) is 2.72. The van der Waals surface area contributed by atoms with Gasteiger partial charge >= 0.3 is 12.3 Å². The molecular formula is C20H22F3N3O4. The number of ether oxygens (including phenoxy) is 1. The number of hydrogen-bond donors (Lipinski definition) is 2. The second-order valence-electron chi connectivity index (χ2n) is 7.29. The van der Waals surface area contributed by atoms with Gasteiger partial charge in [-0.3, -0.25) is 0 Å². The van der Waals surface area contributed by atoms with E-state index in [4.69, 9.17) is 9.84 Å². The third kappa shape index (κ3) is 4.48. The van der Waals surface area contributed by atoms with Crippen LogP contribution in [0, 0.1) is 12.8 Å². The molecule has 0 bridgehead atoms. The molecule has 1 amide bonds. The summed E-state index contributed by atoms with van der Waals surface area (Å²) in [5, 5.41) is 28.0. The number of aromatic nitrogens is 2. The summed E-state index contributed by atoms with van der Waals surface area (Å²) in [4.78, 5) is 12.5. The molecule has 1 aromatic carbocycles. The molecule has 30 heavy (non-hydrogen) atoms. The van der Waals surface area contributed by atoms with Crippen molar-refractivity contribution >= 4 is 6.09 Å². The first-order valence-electron chi connectivity index (χ1n) is 9.37. The van der Waals surface area contributed by atoms with Gasteiger partial charge in [0.25, 0.3) is 0 Å². The molecule has 10 heteroatoms. The van der Waals surface area contributed by atoms with E-state index in [9.17, 15) is 23.1 Å². The first kappa shape index (κ1) is 21.8. The van der Waals surface area contributed by atoms with E-state index in [1.54, 1.807) is 13.0 Å². The summed E-state index contributed by atoms with van der Waals surface area (Å²) in [5.74, 6) is -0.296. The normalized spacial score (nSPS) is 18.2. The number of halogens is 3. The molecule has 3 rings (SSSR count). The van der Waals surface area contributed by atoms with Crippen LogP contribution >= 0.6 is 0 Å². The second-order valence-corrected chi connectivity index (χ2v) is 7.29. The summed E-state index contributed by atoms with van der Waals surface area (Å²) in [6, 6.07) is 4.75. The SMILES string of the molecule is COc1cc(C(F)(F)F)ccc1-c1nnc([C@H](O)C2CCCN(C(=O)O)C2)cc1C. The molecular weight excluding hydrogens is 403 g/mol. The minimum absolute atomic E-state index is 0.0138. The molecule has 0 radical (unpaired) electrons. The van der Waals surface area contributed by atoms with Gasteiger partial charge in [-0.25, -0.2) is 4.79 Å². The standard InChI is InChI=1S/C20H22F3N3O4/c1-11-8-15(18(27)12-4-3-7-26(10-12)19(28)29)24-25-17(11)14-6-5-13(20(21,22)23)9-16(14)30-2/h5-6,8-9,12,18,27H,3-4,7,10H2,1-2H3,(H,28,29)/t12?,18-/m1/s1. The lowest BCUT2D eigenvalue weighted by atomic mass is 9.90. The minimum atomic E-state index is -4.50. The Morgan fingerprint density at radius 3 is 2.63 bits per heavy atom. The van der Waals surface area contributed by atoms with Gasteiger partial charge in [-0.1, -0.05) is 0 Å². The first-order chi connectivity index (χ1) is 14.1. The van der Waals surface area contributed by atoms with Gasteiger partial charge in [-0.15, -0.1) is 5.10 Å². The number of benzene rings is 1. The lowest BCUT2D eigenvalue weighted by Crippen LogP contribution is -2.41. The maximum absolute atomic E-state index is 13.0. The monoisotopic (exact) mass is 425 g/mol. The number of alkyl halides is 3. The number of carbonyl (C=O) groups is 1. The molecule has 1 saturated heterocycles. The predicted molar refractivity (Wildman–Crippen MR) is 101 cm³/mol. The van der Waals surface area contributed by atoms with Crippen LogP contribution in [0.3, 0.4) is 0 Å². The molecule has 2 atom stereocenters. The van der Waals surface area contributed by atoms with Crippen LogP contribution in [0.4, 0.5) is 18.0 Å². The number of amides is 1. The number of nitrogens with zero attached hydrogens (tertiary/aromatic N) is 3. The number of aliphatic hydroxyl groups is 1. The van der Waals surface area contributed by atoms with Crippen molar-refractivity contribution in [1.29, 1.82) is 0 Å². The van der Waals surface area contributed by atoms with E-state index in [0.717, 1.165) is 12.1 Å². The molecule has 0 aliphatic carbocycles. The fraction of sp³-hybridized carbons (Fsp3) is 0.450. The molecule has 1 fully saturated rings. The van der Waals surface area contributed by atoms with Gasteiger partial charge in [0.15, 0.2) is 0 Å². The number of methoxy groups -OCH3 is 1. The molecule has 7 nitrogen and oxygen atoms in total. The number of aryl methyl sites for hydroxylation is 1. The summed E-state index contributed by atoms with van der Waals surface area (Å²) in [6.07, 6.45) is -5.23. The lowest BCUT2D eigenvalue weighted by molar-refractivity contribution is -0.137. The highest BCUT2D eigenvalue weighted by Gasteiger charge is 2.32. The van der Waals surface area contributed by atoms with Gasteiger partial charge in [-0.2, -0.15) is 18.3 Å². The van der Waals surface area contributed by atoms with Crippen molar-refractivity contribution in [2.45, 2.75) is 32.0 Å². The molecule has 2 heterocycles. The maximum atomic E-state index is 13.0. The van der Waals surface area contributed by atoms with Crippen LogP contribution in [0.5, 0.6) is 5.75 Å². The Labute approximate surface area is 171 Å². The van der Waals surface area contributed by atoms with Gasteiger partial charge in [0.1, 0.15) is 11.9 Å². The minimum Gasteiger partial charge on any atom is -0.496 e.